The monoisotopic (exact) mass is 308 g/mol. The Labute approximate surface area is 131 Å². The molecule has 0 aliphatic rings. The molecule has 0 radical (unpaired) electrons. The second-order valence-electron chi connectivity index (χ2n) is 6.37. The van der Waals surface area contributed by atoms with Gasteiger partial charge in [0, 0.05) is 5.04 Å². The molecule has 0 aliphatic heterocycles. The van der Waals surface area contributed by atoms with Crippen LogP contribution >= 0.6 is 0 Å². The van der Waals surface area contributed by atoms with E-state index in [0.717, 1.165) is 10.5 Å². The van der Waals surface area contributed by atoms with Gasteiger partial charge in [-0.15, -0.1) is 0 Å². The summed E-state index contributed by atoms with van der Waals surface area (Å²) in [6, 6.07) is 8.97. The maximum atomic E-state index is 5.91. The summed E-state index contributed by atoms with van der Waals surface area (Å²) in [6.07, 6.45) is 6.70. The molecule has 114 valence electrons. The van der Waals surface area contributed by atoms with Crippen LogP contribution in [-0.2, 0) is 9.15 Å². The summed E-state index contributed by atoms with van der Waals surface area (Å²) >= 11 is 0. The lowest BCUT2D eigenvalue weighted by molar-refractivity contribution is 0.359. The number of unbranched alkanes of at least 4 members (excludes halogenated alkanes) is 3. The van der Waals surface area contributed by atoms with E-state index in [-0.39, 0.29) is 0 Å². The van der Waals surface area contributed by atoms with Gasteiger partial charge in [-0.3, -0.25) is 0 Å². The maximum Gasteiger partial charge on any atom is 0.156 e. The molecule has 0 bridgehead atoms. The highest BCUT2D eigenvalue weighted by Crippen LogP contribution is 2.38. The van der Waals surface area contributed by atoms with Crippen LogP contribution in [0.3, 0.4) is 0 Å². The predicted octanol–water partition coefficient (Wildman–Crippen LogP) is 3.20. The zero-order chi connectivity index (χ0) is 15.0. The lowest BCUT2D eigenvalue weighted by atomic mass is 9.81. The Morgan fingerprint density at radius 1 is 1.20 bits per heavy atom. The van der Waals surface area contributed by atoms with E-state index >= 15 is 0 Å². The molecule has 0 N–H and O–H groups in total. The fourth-order valence-electron chi connectivity index (χ4n) is 3.31. The van der Waals surface area contributed by atoms with Gasteiger partial charge in [-0.25, -0.2) is 0 Å². The standard InChI is InChI=1S/C17H32OSi2/c1-5-6-7-10-13-17(14(2)3,20-18-19)16-12-9-8-11-15(16)4/h8-9,11-12,14H,5-7,10,13,20H2,1-4,19H3. The first-order valence-electron chi connectivity index (χ1n) is 8.13. The molecule has 0 spiro atoms. The van der Waals surface area contributed by atoms with Crippen LogP contribution in [0.25, 0.3) is 0 Å². The summed E-state index contributed by atoms with van der Waals surface area (Å²) in [4.78, 5) is 0. The van der Waals surface area contributed by atoms with Crippen LogP contribution in [0.2, 0.25) is 0 Å². The van der Waals surface area contributed by atoms with Crippen LogP contribution in [0, 0.1) is 12.8 Å². The summed E-state index contributed by atoms with van der Waals surface area (Å²) in [5.74, 6) is 0.672. The van der Waals surface area contributed by atoms with Crippen molar-refractivity contribution in [2.24, 2.45) is 5.92 Å². The Hall–Kier alpha value is -0.386. The van der Waals surface area contributed by atoms with Crippen molar-refractivity contribution in [2.45, 2.75) is 64.8 Å². The summed E-state index contributed by atoms with van der Waals surface area (Å²) in [7, 11) is 0.376. The highest BCUT2D eigenvalue weighted by molar-refractivity contribution is 6.38. The summed E-state index contributed by atoms with van der Waals surface area (Å²) in [5.41, 5.74) is 3.01. The topological polar surface area (TPSA) is 9.23 Å². The Balaban J connectivity index is 3.02. The predicted molar refractivity (Wildman–Crippen MR) is 96.0 cm³/mol. The van der Waals surface area contributed by atoms with Crippen molar-refractivity contribution in [3.8, 4) is 0 Å². The minimum atomic E-state index is -0.511. The zero-order valence-electron chi connectivity index (χ0n) is 14.0. The molecule has 0 heterocycles. The van der Waals surface area contributed by atoms with Crippen LogP contribution < -0.4 is 0 Å². The fraction of sp³-hybridized carbons (Fsp3) is 0.647. The van der Waals surface area contributed by atoms with Gasteiger partial charge >= 0.3 is 0 Å². The first-order valence-corrected chi connectivity index (χ1v) is 10.2. The molecule has 0 amide bonds. The minimum absolute atomic E-state index is 0.334. The van der Waals surface area contributed by atoms with Crippen LogP contribution in [0.5, 0.6) is 0 Å². The van der Waals surface area contributed by atoms with Crippen molar-refractivity contribution in [3.63, 3.8) is 0 Å². The lowest BCUT2D eigenvalue weighted by Crippen LogP contribution is -2.40. The molecule has 1 rings (SSSR count). The molecule has 1 aromatic carbocycles. The summed E-state index contributed by atoms with van der Waals surface area (Å²) < 4.78 is 5.91. The molecule has 20 heavy (non-hydrogen) atoms. The van der Waals surface area contributed by atoms with E-state index in [1.165, 1.54) is 37.7 Å². The van der Waals surface area contributed by atoms with Gasteiger partial charge in [-0.1, -0.05) is 70.7 Å². The van der Waals surface area contributed by atoms with Crippen molar-refractivity contribution in [3.05, 3.63) is 35.4 Å². The van der Waals surface area contributed by atoms with Gasteiger partial charge in [-0.2, -0.15) is 0 Å². The maximum absolute atomic E-state index is 5.91. The molecule has 0 fully saturated rings. The molecular formula is C17H32OSi2. The molecule has 1 atom stereocenters. The van der Waals surface area contributed by atoms with Crippen LogP contribution in [0.4, 0.5) is 0 Å². The molecule has 0 saturated carbocycles. The average molecular weight is 309 g/mol. The Morgan fingerprint density at radius 2 is 1.90 bits per heavy atom. The minimum Gasteiger partial charge on any atom is -0.467 e. The van der Waals surface area contributed by atoms with Gasteiger partial charge in [-0.05, 0) is 30.4 Å². The molecule has 0 aliphatic carbocycles. The fourth-order valence-corrected chi connectivity index (χ4v) is 6.65. The Kier molecular flexibility index (Phi) is 7.77. The summed E-state index contributed by atoms with van der Waals surface area (Å²) in [5, 5.41) is 0.334. The van der Waals surface area contributed by atoms with E-state index in [1.807, 2.05) is 0 Å². The van der Waals surface area contributed by atoms with Crippen LogP contribution in [0.1, 0.15) is 64.0 Å². The molecular weight excluding hydrogens is 276 g/mol. The van der Waals surface area contributed by atoms with Gasteiger partial charge in [0.15, 0.2) is 9.76 Å². The first-order chi connectivity index (χ1) is 9.58. The largest absolute Gasteiger partial charge is 0.467 e. The molecule has 0 saturated heterocycles. The van der Waals surface area contributed by atoms with Crippen molar-refractivity contribution >= 4 is 20.2 Å². The summed E-state index contributed by atoms with van der Waals surface area (Å²) in [6.45, 7) is 9.33. The quantitative estimate of drug-likeness (QED) is 0.503. The second kappa shape index (κ2) is 8.80. The molecule has 0 aromatic heterocycles. The van der Waals surface area contributed by atoms with Gasteiger partial charge in [0.1, 0.15) is 10.5 Å². The zero-order valence-corrected chi connectivity index (χ0v) is 17.5. The van der Waals surface area contributed by atoms with Crippen molar-refractivity contribution < 1.29 is 4.12 Å². The number of benzene rings is 1. The molecule has 1 unspecified atom stereocenters. The third kappa shape index (κ3) is 4.30. The van der Waals surface area contributed by atoms with Gasteiger partial charge in [0.25, 0.3) is 0 Å². The number of hydrogen-bond acceptors (Lipinski definition) is 1. The SMILES string of the molecule is CCCCCCC([SiH2]O[SiH3])(c1ccccc1C)C(C)C. The van der Waals surface area contributed by atoms with E-state index in [4.69, 9.17) is 4.12 Å². The number of hydrogen-bond donors (Lipinski definition) is 0. The van der Waals surface area contributed by atoms with E-state index in [0.29, 0.717) is 11.0 Å². The molecule has 3 heteroatoms. The van der Waals surface area contributed by atoms with E-state index in [1.54, 1.807) is 5.56 Å². The van der Waals surface area contributed by atoms with Gasteiger partial charge in [0.05, 0.1) is 0 Å². The molecule has 1 nitrogen and oxygen atoms in total. The Bertz CT molecular complexity index is 392. The van der Waals surface area contributed by atoms with Crippen molar-refractivity contribution in [2.75, 3.05) is 0 Å². The van der Waals surface area contributed by atoms with Crippen LogP contribution in [-0.4, -0.2) is 20.2 Å². The van der Waals surface area contributed by atoms with E-state index in [9.17, 15) is 0 Å². The van der Waals surface area contributed by atoms with Crippen molar-refractivity contribution in [1.29, 1.82) is 0 Å². The highest BCUT2D eigenvalue weighted by atomic mass is 28.3. The van der Waals surface area contributed by atoms with Gasteiger partial charge < -0.3 is 4.12 Å². The average Bonchev–Trinajstić information content (AvgIpc) is 2.43. The lowest BCUT2D eigenvalue weighted by Gasteiger charge is -2.39. The third-order valence-corrected chi connectivity index (χ3v) is 7.89. The smallest absolute Gasteiger partial charge is 0.156 e. The van der Waals surface area contributed by atoms with E-state index in [2.05, 4.69) is 52.0 Å². The van der Waals surface area contributed by atoms with Gasteiger partial charge in [0.2, 0.25) is 0 Å². The Morgan fingerprint density at radius 3 is 2.45 bits per heavy atom. The van der Waals surface area contributed by atoms with Crippen molar-refractivity contribution in [1.82, 2.24) is 0 Å². The first kappa shape index (κ1) is 17.7. The number of rotatable bonds is 9. The third-order valence-electron chi connectivity index (χ3n) is 4.66. The number of aryl methyl sites for hydroxylation is 1. The molecule has 1 aromatic rings. The van der Waals surface area contributed by atoms with E-state index < -0.39 is 9.76 Å². The second-order valence-corrected chi connectivity index (χ2v) is 10.2. The normalized spacial score (nSPS) is 15.2. The van der Waals surface area contributed by atoms with Crippen LogP contribution in [0.15, 0.2) is 24.3 Å². The highest BCUT2D eigenvalue weighted by Gasteiger charge is 2.36.